The number of anilines is 1. The molecule has 6 nitrogen and oxygen atoms in total. The molecular formula is C19H22N2O4S. The van der Waals surface area contributed by atoms with Crippen molar-refractivity contribution in [3.05, 3.63) is 59.2 Å². The predicted molar refractivity (Wildman–Crippen MR) is 100 cm³/mol. The lowest BCUT2D eigenvalue weighted by Gasteiger charge is -2.19. The molecule has 0 bridgehead atoms. The van der Waals surface area contributed by atoms with Gasteiger partial charge in [0.25, 0.3) is 5.91 Å². The van der Waals surface area contributed by atoms with Crippen LogP contribution in [0.4, 0.5) is 5.69 Å². The van der Waals surface area contributed by atoms with Crippen LogP contribution in [0.15, 0.2) is 47.4 Å². The Hall–Kier alpha value is -2.22. The lowest BCUT2D eigenvalue weighted by molar-refractivity contribution is 0.0988. The zero-order chi connectivity index (χ0) is 18.7. The molecule has 1 N–H and O–H groups in total. The number of hydrogen-bond acceptors (Lipinski definition) is 4. The van der Waals surface area contributed by atoms with E-state index in [9.17, 15) is 13.2 Å². The fraction of sp³-hybridized carbons (Fsp3) is 0.316. The third-order valence-corrected chi connectivity index (χ3v) is 5.94. The van der Waals surface area contributed by atoms with E-state index in [1.807, 2.05) is 31.2 Å². The van der Waals surface area contributed by atoms with Gasteiger partial charge in [0, 0.05) is 31.5 Å². The number of para-hydroxylation sites is 1. The van der Waals surface area contributed by atoms with Gasteiger partial charge >= 0.3 is 0 Å². The highest BCUT2D eigenvalue weighted by molar-refractivity contribution is 7.89. The van der Waals surface area contributed by atoms with Gasteiger partial charge in [-0.1, -0.05) is 24.3 Å². The first kappa shape index (κ1) is 18.6. The molecule has 1 aliphatic heterocycles. The normalized spacial score (nSPS) is 13.7. The Labute approximate surface area is 153 Å². The number of sulfonamides is 1. The Morgan fingerprint density at radius 1 is 1.23 bits per heavy atom. The van der Waals surface area contributed by atoms with Crippen LogP contribution in [0.3, 0.4) is 0 Å². The zero-order valence-corrected chi connectivity index (χ0v) is 15.7. The first-order valence-electron chi connectivity index (χ1n) is 8.43. The van der Waals surface area contributed by atoms with Crippen LogP contribution < -0.4 is 9.62 Å². The number of rotatable bonds is 6. The summed E-state index contributed by atoms with van der Waals surface area (Å²) < 4.78 is 32.2. The monoisotopic (exact) mass is 374 g/mol. The van der Waals surface area contributed by atoms with E-state index in [2.05, 4.69) is 4.72 Å². The second-order valence-corrected chi connectivity index (χ2v) is 7.97. The quantitative estimate of drug-likeness (QED) is 0.786. The molecule has 0 aliphatic carbocycles. The zero-order valence-electron chi connectivity index (χ0n) is 14.9. The van der Waals surface area contributed by atoms with Crippen molar-refractivity contribution >= 4 is 21.6 Å². The maximum Gasteiger partial charge on any atom is 0.258 e. The van der Waals surface area contributed by atoms with Crippen LogP contribution in [0.2, 0.25) is 0 Å². The molecule has 0 unspecified atom stereocenters. The van der Waals surface area contributed by atoms with Crippen molar-refractivity contribution in [2.24, 2.45) is 0 Å². The molecule has 1 amide bonds. The number of ether oxygens (including phenoxy) is 1. The summed E-state index contributed by atoms with van der Waals surface area (Å²) in [5.74, 6) is -0.179. The van der Waals surface area contributed by atoms with Crippen molar-refractivity contribution in [2.45, 2.75) is 18.2 Å². The Morgan fingerprint density at radius 3 is 2.77 bits per heavy atom. The van der Waals surface area contributed by atoms with Gasteiger partial charge in [-0.25, -0.2) is 13.1 Å². The molecule has 7 heteroatoms. The second kappa shape index (κ2) is 7.57. The summed E-state index contributed by atoms with van der Waals surface area (Å²) in [7, 11) is -2.19. The molecule has 0 fully saturated rings. The second-order valence-electron chi connectivity index (χ2n) is 6.20. The average molecular weight is 374 g/mol. The smallest absolute Gasteiger partial charge is 0.258 e. The molecule has 2 aromatic carbocycles. The van der Waals surface area contributed by atoms with Gasteiger partial charge in [-0.05, 0) is 42.7 Å². The van der Waals surface area contributed by atoms with Crippen LogP contribution >= 0.6 is 0 Å². The van der Waals surface area contributed by atoms with Crippen molar-refractivity contribution in [1.82, 2.24) is 4.72 Å². The lowest BCUT2D eigenvalue weighted by Crippen LogP contribution is -2.30. The van der Waals surface area contributed by atoms with Crippen molar-refractivity contribution in [3.63, 3.8) is 0 Å². The molecule has 138 valence electrons. The van der Waals surface area contributed by atoms with Crippen molar-refractivity contribution in [3.8, 4) is 0 Å². The summed E-state index contributed by atoms with van der Waals surface area (Å²) in [6.45, 7) is 2.86. The van der Waals surface area contributed by atoms with Gasteiger partial charge in [-0.15, -0.1) is 0 Å². The fourth-order valence-corrected chi connectivity index (χ4v) is 4.09. The van der Waals surface area contributed by atoms with E-state index in [4.69, 9.17) is 4.74 Å². The van der Waals surface area contributed by atoms with Gasteiger partial charge in [0.2, 0.25) is 10.0 Å². The number of fused-ring (bicyclic) bond motifs is 1. The van der Waals surface area contributed by atoms with Crippen LogP contribution in [-0.2, 0) is 21.2 Å². The Morgan fingerprint density at radius 2 is 2.00 bits per heavy atom. The Balaban J connectivity index is 1.90. The van der Waals surface area contributed by atoms with Crippen LogP contribution in [0.25, 0.3) is 0 Å². The summed E-state index contributed by atoms with van der Waals surface area (Å²) in [6.07, 6.45) is 0.803. The number of aryl methyl sites for hydroxylation is 1. The largest absolute Gasteiger partial charge is 0.383 e. The van der Waals surface area contributed by atoms with E-state index in [-0.39, 0.29) is 24.0 Å². The molecule has 0 saturated carbocycles. The number of nitrogens with one attached hydrogen (secondary N) is 1. The van der Waals surface area contributed by atoms with E-state index < -0.39 is 10.0 Å². The van der Waals surface area contributed by atoms with Crippen LogP contribution in [0.1, 0.15) is 21.5 Å². The molecular weight excluding hydrogens is 352 g/mol. The lowest BCUT2D eigenvalue weighted by atomic mass is 10.1. The standard InChI is InChI=1S/C19H22N2O4S/c1-14-7-8-16(26(23,24)20-10-12-25-2)13-17(14)19(22)21-11-9-15-5-3-4-6-18(15)21/h3-8,13,20H,9-12H2,1-2H3. The van der Waals surface area contributed by atoms with Crippen molar-refractivity contribution in [2.75, 3.05) is 31.7 Å². The molecule has 3 rings (SSSR count). The molecule has 0 atom stereocenters. The van der Waals surface area contributed by atoms with Crippen molar-refractivity contribution in [1.29, 1.82) is 0 Å². The number of methoxy groups -OCH3 is 1. The van der Waals surface area contributed by atoms with E-state index >= 15 is 0 Å². The van der Waals surface area contributed by atoms with E-state index in [0.29, 0.717) is 12.1 Å². The minimum absolute atomic E-state index is 0.0787. The maximum absolute atomic E-state index is 13.1. The highest BCUT2D eigenvalue weighted by Crippen LogP contribution is 2.30. The van der Waals surface area contributed by atoms with Gasteiger partial charge in [0.05, 0.1) is 11.5 Å². The summed E-state index contributed by atoms with van der Waals surface area (Å²) in [4.78, 5) is 14.9. The van der Waals surface area contributed by atoms with Gasteiger partial charge in [-0.3, -0.25) is 4.79 Å². The molecule has 0 aromatic heterocycles. The van der Waals surface area contributed by atoms with Crippen LogP contribution in [-0.4, -0.2) is 41.1 Å². The number of hydrogen-bond donors (Lipinski definition) is 1. The molecule has 2 aromatic rings. The molecule has 0 radical (unpaired) electrons. The number of carbonyl (C=O) groups is 1. The molecule has 0 saturated heterocycles. The molecule has 0 spiro atoms. The SMILES string of the molecule is COCCNS(=O)(=O)c1ccc(C)c(C(=O)N2CCc3ccccc32)c1. The minimum Gasteiger partial charge on any atom is -0.383 e. The van der Waals surface area contributed by atoms with E-state index in [1.54, 1.807) is 11.0 Å². The maximum atomic E-state index is 13.1. The predicted octanol–water partition coefficient (Wildman–Crippen LogP) is 2.12. The van der Waals surface area contributed by atoms with E-state index in [1.165, 1.54) is 19.2 Å². The summed E-state index contributed by atoms with van der Waals surface area (Å²) >= 11 is 0. The molecule has 1 heterocycles. The Kier molecular flexibility index (Phi) is 5.41. The number of carbonyl (C=O) groups excluding carboxylic acids is 1. The van der Waals surface area contributed by atoms with Crippen LogP contribution in [0.5, 0.6) is 0 Å². The third kappa shape index (κ3) is 3.65. The molecule has 1 aliphatic rings. The van der Waals surface area contributed by atoms with Gasteiger partial charge in [0.1, 0.15) is 0 Å². The topological polar surface area (TPSA) is 75.7 Å². The fourth-order valence-electron chi connectivity index (χ4n) is 3.05. The first-order valence-corrected chi connectivity index (χ1v) is 9.91. The van der Waals surface area contributed by atoms with Gasteiger partial charge in [-0.2, -0.15) is 0 Å². The van der Waals surface area contributed by atoms with Gasteiger partial charge < -0.3 is 9.64 Å². The third-order valence-electron chi connectivity index (χ3n) is 4.48. The number of benzene rings is 2. The first-order chi connectivity index (χ1) is 12.4. The van der Waals surface area contributed by atoms with E-state index in [0.717, 1.165) is 23.2 Å². The average Bonchev–Trinajstić information content (AvgIpc) is 3.05. The summed E-state index contributed by atoms with van der Waals surface area (Å²) in [5, 5.41) is 0. The van der Waals surface area contributed by atoms with Crippen molar-refractivity contribution < 1.29 is 17.9 Å². The minimum atomic E-state index is -3.69. The highest BCUT2D eigenvalue weighted by atomic mass is 32.2. The Bertz CT molecular complexity index is 925. The summed E-state index contributed by atoms with van der Waals surface area (Å²) in [6, 6.07) is 12.4. The number of nitrogens with zero attached hydrogens (tertiary/aromatic N) is 1. The molecule has 26 heavy (non-hydrogen) atoms. The summed E-state index contributed by atoms with van der Waals surface area (Å²) in [5.41, 5.74) is 3.17. The number of amides is 1. The van der Waals surface area contributed by atoms with Gasteiger partial charge in [0.15, 0.2) is 0 Å². The highest BCUT2D eigenvalue weighted by Gasteiger charge is 2.27. The van der Waals surface area contributed by atoms with Crippen LogP contribution in [0, 0.1) is 6.92 Å².